The normalized spacial score (nSPS) is 14.8. The Bertz CT molecular complexity index is 987. The molecule has 0 spiro atoms. The van der Waals surface area contributed by atoms with Crippen LogP contribution in [0.4, 0.5) is 0 Å². The fourth-order valence-electron chi connectivity index (χ4n) is 3.88. The number of fused-ring (bicyclic) bond motifs is 1. The number of ether oxygens (including phenoxy) is 3. The summed E-state index contributed by atoms with van der Waals surface area (Å²) in [6, 6.07) is 13.9. The number of benzene rings is 2. The van der Waals surface area contributed by atoms with Crippen molar-refractivity contribution in [3.05, 3.63) is 66.2 Å². The average molecular weight is 421 g/mol. The van der Waals surface area contributed by atoms with Crippen LogP contribution in [0.1, 0.15) is 43.2 Å². The van der Waals surface area contributed by atoms with Gasteiger partial charge in [0.15, 0.2) is 0 Å². The summed E-state index contributed by atoms with van der Waals surface area (Å²) in [5.74, 6) is 1.82. The lowest BCUT2D eigenvalue weighted by atomic mass is 9.98. The minimum absolute atomic E-state index is 0.117. The van der Waals surface area contributed by atoms with Crippen molar-refractivity contribution in [3.8, 4) is 17.2 Å². The molecular weight excluding hydrogens is 394 g/mol. The fourth-order valence-corrected chi connectivity index (χ4v) is 3.88. The number of hydrogen-bond acceptors (Lipinski definition) is 6. The summed E-state index contributed by atoms with van der Waals surface area (Å²) in [6.07, 6.45) is 6.37. The van der Waals surface area contributed by atoms with Crippen LogP contribution in [0.3, 0.4) is 0 Å². The highest BCUT2D eigenvalue weighted by molar-refractivity contribution is 5.71. The smallest absolute Gasteiger partial charge is 0.306 e. The molecule has 0 unspecified atom stereocenters. The maximum Gasteiger partial charge on any atom is 0.306 e. The van der Waals surface area contributed by atoms with Crippen LogP contribution in [0.5, 0.6) is 11.5 Å². The van der Waals surface area contributed by atoms with E-state index in [1.165, 1.54) is 17.5 Å². The Kier molecular flexibility index (Phi) is 6.82. The van der Waals surface area contributed by atoms with Crippen LogP contribution >= 0.6 is 0 Å². The van der Waals surface area contributed by atoms with E-state index in [4.69, 9.17) is 14.2 Å². The van der Waals surface area contributed by atoms with Gasteiger partial charge in [-0.3, -0.25) is 4.79 Å². The Hall–Kier alpha value is -3.35. The number of esters is 1. The molecule has 3 aromatic rings. The molecule has 31 heavy (non-hydrogen) atoms. The number of carbonyl (C=O) groups is 1. The largest absolute Gasteiger partial charge is 0.493 e. The van der Waals surface area contributed by atoms with Gasteiger partial charge in [0.2, 0.25) is 0 Å². The summed E-state index contributed by atoms with van der Waals surface area (Å²) in [4.78, 5) is 15.7. The first-order chi connectivity index (χ1) is 15.2. The Morgan fingerprint density at radius 1 is 1.10 bits per heavy atom. The van der Waals surface area contributed by atoms with E-state index in [1.807, 2.05) is 37.3 Å². The minimum atomic E-state index is -0.117. The van der Waals surface area contributed by atoms with E-state index in [1.54, 1.807) is 11.0 Å². The molecule has 0 fully saturated rings. The van der Waals surface area contributed by atoms with E-state index in [0.29, 0.717) is 26.2 Å². The minimum Gasteiger partial charge on any atom is -0.493 e. The number of hydrogen-bond donors (Lipinski definition) is 0. The SMILES string of the molecule is CCOC(=O)C[C@@H]1CCc2cc(OCCCOc3ccc(-n4cncn4)cc3)ccc21. The second kappa shape index (κ2) is 10.1. The Balaban J connectivity index is 1.20. The van der Waals surface area contributed by atoms with Gasteiger partial charge >= 0.3 is 5.97 Å². The molecule has 0 bridgehead atoms. The molecule has 1 heterocycles. The Morgan fingerprint density at radius 3 is 2.61 bits per heavy atom. The Morgan fingerprint density at radius 2 is 1.87 bits per heavy atom. The second-order valence-corrected chi connectivity index (χ2v) is 7.49. The summed E-state index contributed by atoms with van der Waals surface area (Å²) in [7, 11) is 0. The van der Waals surface area contributed by atoms with Crippen LogP contribution in [0.15, 0.2) is 55.1 Å². The summed E-state index contributed by atoms with van der Waals surface area (Å²) >= 11 is 0. The van der Waals surface area contributed by atoms with Crippen molar-refractivity contribution in [2.45, 2.75) is 38.5 Å². The highest BCUT2D eigenvalue weighted by Crippen LogP contribution is 2.37. The van der Waals surface area contributed by atoms with Crippen LogP contribution in [0.2, 0.25) is 0 Å². The number of aryl methyl sites for hydroxylation is 1. The lowest BCUT2D eigenvalue weighted by Crippen LogP contribution is -2.08. The third kappa shape index (κ3) is 5.42. The molecule has 1 atom stereocenters. The first-order valence-electron chi connectivity index (χ1n) is 10.7. The molecule has 162 valence electrons. The van der Waals surface area contributed by atoms with E-state index in [2.05, 4.69) is 22.2 Å². The van der Waals surface area contributed by atoms with Crippen molar-refractivity contribution in [3.63, 3.8) is 0 Å². The predicted molar refractivity (Wildman–Crippen MR) is 116 cm³/mol. The second-order valence-electron chi connectivity index (χ2n) is 7.49. The predicted octanol–water partition coefficient (Wildman–Crippen LogP) is 4.10. The molecule has 7 nitrogen and oxygen atoms in total. The molecule has 1 aromatic heterocycles. The number of aromatic nitrogens is 3. The van der Waals surface area contributed by atoms with Gasteiger partial charge in [-0.05, 0) is 73.2 Å². The molecule has 0 saturated heterocycles. The molecule has 4 rings (SSSR count). The van der Waals surface area contributed by atoms with E-state index in [-0.39, 0.29) is 11.9 Å². The first kappa shape index (κ1) is 20.9. The van der Waals surface area contributed by atoms with Crippen LogP contribution in [0.25, 0.3) is 5.69 Å². The standard InChI is InChI=1S/C24H27N3O4/c1-2-29-24(28)15-19-5-4-18-14-22(10-11-23(18)19)31-13-3-12-30-21-8-6-20(7-9-21)27-17-25-16-26-27/h6-11,14,16-17,19H,2-5,12-13,15H2,1H3/t19-/m0/s1. The molecule has 1 aliphatic carbocycles. The first-order valence-corrected chi connectivity index (χ1v) is 10.7. The maximum atomic E-state index is 11.8. The zero-order valence-corrected chi connectivity index (χ0v) is 17.7. The van der Waals surface area contributed by atoms with E-state index >= 15 is 0 Å². The van der Waals surface area contributed by atoms with Crippen molar-refractivity contribution in [1.82, 2.24) is 14.8 Å². The van der Waals surface area contributed by atoms with Gasteiger partial charge in [0, 0.05) is 6.42 Å². The summed E-state index contributed by atoms with van der Waals surface area (Å²) in [5, 5.41) is 4.10. The third-order valence-electron chi connectivity index (χ3n) is 5.38. The van der Waals surface area contributed by atoms with Crippen LogP contribution in [-0.4, -0.2) is 40.6 Å². The van der Waals surface area contributed by atoms with Gasteiger partial charge in [0.05, 0.1) is 31.9 Å². The number of nitrogens with zero attached hydrogens (tertiary/aromatic N) is 3. The van der Waals surface area contributed by atoms with Gasteiger partial charge in [0.1, 0.15) is 24.2 Å². The van der Waals surface area contributed by atoms with Crippen molar-refractivity contribution in [1.29, 1.82) is 0 Å². The van der Waals surface area contributed by atoms with E-state index in [9.17, 15) is 4.79 Å². The Labute approximate surface area is 182 Å². The summed E-state index contributed by atoms with van der Waals surface area (Å²) in [5.41, 5.74) is 3.46. The lowest BCUT2D eigenvalue weighted by molar-refractivity contribution is -0.143. The van der Waals surface area contributed by atoms with Gasteiger partial charge in [-0.15, -0.1) is 0 Å². The lowest BCUT2D eigenvalue weighted by Gasteiger charge is -2.12. The molecule has 0 N–H and O–H groups in total. The molecule has 0 aliphatic heterocycles. The summed E-state index contributed by atoms with van der Waals surface area (Å²) < 4.78 is 18.5. The number of carbonyl (C=O) groups excluding carboxylic acids is 1. The highest BCUT2D eigenvalue weighted by Gasteiger charge is 2.25. The topological polar surface area (TPSA) is 75.5 Å². The van der Waals surface area contributed by atoms with Crippen LogP contribution in [-0.2, 0) is 16.0 Å². The highest BCUT2D eigenvalue weighted by atomic mass is 16.5. The zero-order valence-electron chi connectivity index (χ0n) is 17.7. The molecule has 0 amide bonds. The molecule has 0 radical (unpaired) electrons. The van der Waals surface area contributed by atoms with Gasteiger partial charge in [-0.2, -0.15) is 5.10 Å². The average Bonchev–Trinajstić information content (AvgIpc) is 3.45. The van der Waals surface area contributed by atoms with Gasteiger partial charge in [0.25, 0.3) is 0 Å². The fraction of sp³-hybridized carbons (Fsp3) is 0.375. The van der Waals surface area contributed by atoms with Crippen molar-refractivity contribution >= 4 is 5.97 Å². The monoisotopic (exact) mass is 421 g/mol. The molecule has 2 aromatic carbocycles. The van der Waals surface area contributed by atoms with E-state index in [0.717, 1.165) is 36.4 Å². The van der Waals surface area contributed by atoms with Gasteiger partial charge < -0.3 is 14.2 Å². The number of rotatable bonds is 10. The molecule has 7 heteroatoms. The summed E-state index contributed by atoms with van der Waals surface area (Å²) in [6.45, 7) is 3.44. The zero-order chi connectivity index (χ0) is 21.5. The van der Waals surface area contributed by atoms with Crippen LogP contribution in [0, 0.1) is 0 Å². The quantitative estimate of drug-likeness (QED) is 0.362. The van der Waals surface area contributed by atoms with Crippen molar-refractivity contribution in [2.24, 2.45) is 0 Å². The third-order valence-corrected chi connectivity index (χ3v) is 5.38. The molecule has 0 saturated carbocycles. The van der Waals surface area contributed by atoms with E-state index < -0.39 is 0 Å². The van der Waals surface area contributed by atoms with Crippen molar-refractivity contribution < 1.29 is 19.0 Å². The molecule has 1 aliphatic rings. The van der Waals surface area contributed by atoms with Crippen molar-refractivity contribution in [2.75, 3.05) is 19.8 Å². The van der Waals surface area contributed by atoms with Crippen LogP contribution < -0.4 is 9.47 Å². The maximum absolute atomic E-state index is 11.8. The van der Waals surface area contributed by atoms with Gasteiger partial charge in [-0.1, -0.05) is 6.07 Å². The van der Waals surface area contributed by atoms with Gasteiger partial charge in [-0.25, -0.2) is 9.67 Å². The molecular formula is C24H27N3O4.